The van der Waals surface area contributed by atoms with Crippen LogP contribution in [0.5, 0.6) is 5.75 Å². The van der Waals surface area contributed by atoms with Crippen LogP contribution in [0, 0.1) is 0 Å². The lowest BCUT2D eigenvalue weighted by Gasteiger charge is -2.34. The van der Waals surface area contributed by atoms with Gasteiger partial charge in [0.1, 0.15) is 11.3 Å². The second-order valence-corrected chi connectivity index (χ2v) is 6.81. The summed E-state index contributed by atoms with van der Waals surface area (Å²) >= 11 is 0. The maximum Gasteiger partial charge on any atom is 0.227 e. The molecule has 0 N–H and O–H groups in total. The molecule has 27 heavy (non-hydrogen) atoms. The Hall–Kier alpha value is -2.86. The zero-order valence-electron chi connectivity index (χ0n) is 15.4. The van der Waals surface area contributed by atoms with Crippen LogP contribution in [0.2, 0.25) is 0 Å². The highest BCUT2D eigenvalue weighted by Gasteiger charge is 2.22. The Labute approximate surface area is 158 Å². The number of furan rings is 1. The molecule has 0 bridgehead atoms. The third-order valence-corrected chi connectivity index (χ3v) is 5.09. The number of rotatable bonds is 5. The smallest absolute Gasteiger partial charge is 0.227 e. The van der Waals surface area contributed by atoms with Crippen molar-refractivity contribution in [1.29, 1.82) is 0 Å². The Bertz CT molecular complexity index is 915. The first-order chi connectivity index (χ1) is 13.2. The highest BCUT2D eigenvalue weighted by atomic mass is 16.5. The van der Waals surface area contributed by atoms with Crippen molar-refractivity contribution >= 4 is 16.9 Å². The normalized spacial score (nSPS) is 15.2. The molecule has 2 aromatic heterocycles. The van der Waals surface area contributed by atoms with Gasteiger partial charge in [-0.15, -0.1) is 0 Å². The van der Waals surface area contributed by atoms with E-state index in [9.17, 15) is 4.79 Å². The Kier molecular flexibility index (Phi) is 5.07. The molecule has 1 saturated heterocycles. The first-order valence-corrected chi connectivity index (χ1v) is 9.16. The average Bonchev–Trinajstić information content (AvgIpc) is 3.11. The molecule has 1 aliphatic rings. The van der Waals surface area contributed by atoms with E-state index in [1.54, 1.807) is 13.4 Å². The number of aromatic nitrogens is 1. The zero-order valence-corrected chi connectivity index (χ0v) is 15.4. The van der Waals surface area contributed by atoms with Crippen molar-refractivity contribution in [1.82, 2.24) is 14.8 Å². The number of carbonyl (C=O) groups excluding carboxylic acids is 1. The van der Waals surface area contributed by atoms with Gasteiger partial charge in [-0.05, 0) is 29.8 Å². The lowest BCUT2D eigenvalue weighted by atomic mass is 10.1. The molecule has 140 valence electrons. The van der Waals surface area contributed by atoms with Gasteiger partial charge in [0.15, 0.2) is 0 Å². The van der Waals surface area contributed by atoms with Crippen molar-refractivity contribution in [2.75, 3.05) is 33.3 Å². The summed E-state index contributed by atoms with van der Waals surface area (Å²) in [6, 6.07) is 9.77. The molecule has 4 rings (SSSR count). The van der Waals surface area contributed by atoms with Crippen LogP contribution in [-0.2, 0) is 17.8 Å². The predicted molar refractivity (Wildman–Crippen MR) is 103 cm³/mol. The fourth-order valence-electron chi connectivity index (χ4n) is 3.50. The second kappa shape index (κ2) is 7.80. The molecule has 1 aromatic carbocycles. The van der Waals surface area contributed by atoms with Crippen LogP contribution >= 0.6 is 0 Å². The van der Waals surface area contributed by atoms with Crippen molar-refractivity contribution in [2.45, 2.75) is 13.0 Å². The molecule has 3 aromatic rings. The Balaban J connectivity index is 1.34. The summed E-state index contributed by atoms with van der Waals surface area (Å²) in [5.74, 6) is 0.900. The maximum absolute atomic E-state index is 12.7. The zero-order chi connectivity index (χ0) is 18.6. The van der Waals surface area contributed by atoms with E-state index in [2.05, 4.69) is 9.88 Å². The number of hydrogen-bond donors (Lipinski definition) is 0. The summed E-state index contributed by atoms with van der Waals surface area (Å²) in [7, 11) is 1.63. The first kappa shape index (κ1) is 17.5. The van der Waals surface area contributed by atoms with Gasteiger partial charge in [-0.25, -0.2) is 0 Å². The number of ether oxygens (including phenoxy) is 1. The molecular formula is C21H23N3O3. The van der Waals surface area contributed by atoms with Crippen LogP contribution in [0.15, 0.2) is 53.4 Å². The Morgan fingerprint density at radius 2 is 1.93 bits per heavy atom. The Morgan fingerprint density at radius 3 is 2.67 bits per heavy atom. The summed E-state index contributed by atoms with van der Waals surface area (Å²) in [6.45, 7) is 4.19. The monoisotopic (exact) mass is 365 g/mol. The van der Waals surface area contributed by atoms with E-state index in [0.29, 0.717) is 6.42 Å². The number of hydrogen-bond acceptors (Lipinski definition) is 5. The molecule has 0 atom stereocenters. The van der Waals surface area contributed by atoms with E-state index in [-0.39, 0.29) is 5.91 Å². The van der Waals surface area contributed by atoms with Crippen molar-refractivity contribution in [3.63, 3.8) is 0 Å². The van der Waals surface area contributed by atoms with Gasteiger partial charge in [0, 0.05) is 62.1 Å². The van der Waals surface area contributed by atoms with Gasteiger partial charge in [-0.3, -0.25) is 14.7 Å². The fraction of sp³-hybridized carbons (Fsp3) is 0.333. The lowest BCUT2D eigenvalue weighted by molar-refractivity contribution is -0.132. The molecule has 1 amide bonds. The van der Waals surface area contributed by atoms with Crippen LogP contribution < -0.4 is 4.74 Å². The number of piperazine rings is 1. The Morgan fingerprint density at radius 1 is 1.15 bits per heavy atom. The van der Waals surface area contributed by atoms with Crippen LogP contribution in [-0.4, -0.2) is 54.0 Å². The quantitative estimate of drug-likeness (QED) is 0.696. The number of methoxy groups -OCH3 is 1. The van der Waals surface area contributed by atoms with Crippen LogP contribution in [0.25, 0.3) is 11.0 Å². The lowest BCUT2D eigenvalue weighted by Crippen LogP contribution is -2.48. The van der Waals surface area contributed by atoms with Gasteiger partial charge in [-0.2, -0.15) is 0 Å². The average molecular weight is 365 g/mol. The van der Waals surface area contributed by atoms with Crippen LogP contribution in [0.3, 0.4) is 0 Å². The van der Waals surface area contributed by atoms with Gasteiger partial charge >= 0.3 is 0 Å². The van der Waals surface area contributed by atoms with Gasteiger partial charge in [0.2, 0.25) is 5.91 Å². The van der Waals surface area contributed by atoms with Crippen molar-refractivity contribution < 1.29 is 13.9 Å². The summed E-state index contributed by atoms with van der Waals surface area (Å²) in [5, 5.41) is 0.973. The standard InChI is InChI=1S/C21H23N3O3/c1-26-18-2-3-19-17(15-27-20(19)13-18)12-21(25)24-10-8-23(9-11-24)14-16-4-6-22-7-5-16/h2-7,13,15H,8-12,14H2,1H3. The van der Waals surface area contributed by atoms with Gasteiger partial charge in [0.05, 0.1) is 19.8 Å². The third-order valence-electron chi connectivity index (χ3n) is 5.09. The minimum Gasteiger partial charge on any atom is -0.497 e. The van der Waals surface area contributed by atoms with E-state index in [1.165, 1.54) is 5.56 Å². The second-order valence-electron chi connectivity index (χ2n) is 6.81. The largest absolute Gasteiger partial charge is 0.497 e. The van der Waals surface area contributed by atoms with E-state index in [0.717, 1.165) is 55.0 Å². The van der Waals surface area contributed by atoms with Crippen LogP contribution in [0.4, 0.5) is 0 Å². The summed E-state index contributed by atoms with van der Waals surface area (Å²) in [4.78, 5) is 21.1. The van der Waals surface area contributed by atoms with E-state index in [1.807, 2.05) is 47.6 Å². The minimum absolute atomic E-state index is 0.150. The van der Waals surface area contributed by atoms with Crippen molar-refractivity contribution in [3.8, 4) is 5.75 Å². The fourth-order valence-corrected chi connectivity index (χ4v) is 3.50. The molecule has 0 unspecified atom stereocenters. The highest BCUT2D eigenvalue weighted by Crippen LogP contribution is 2.26. The molecule has 6 nitrogen and oxygen atoms in total. The third kappa shape index (κ3) is 3.95. The number of nitrogens with zero attached hydrogens (tertiary/aromatic N) is 3. The molecule has 6 heteroatoms. The topological polar surface area (TPSA) is 58.8 Å². The van der Waals surface area contributed by atoms with Crippen molar-refractivity contribution in [2.24, 2.45) is 0 Å². The first-order valence-electron chi connectivity index (χ1n) is 9.16. The van der Waals surface area contributed by atoms with E-state index in [4.69, 9.17) is 9.15 Å². The molecular weight excluding hydrogens is 342 g/mol. The van der Waals surface area contributed by atoms with E-state index < -0.39 is 0 Å². The summed E-state index contributed by atoms with van der Waals surface area (Å²) in [5.41, 5.74) is 2.93. The number of carbonyl (C=O) groups is 1. The van der Waals surface area contributed by atoms with E-state index >= 15 is 0 Å². The number of benzene rings is 1. The van der Waals surface area contributed by atoms with Gasteiger partial charge in [-0.1, -0.05) is 0 Å². The van der Waals surface area contributed by atoms with Gasteiger partial charge < -0.3 is 14.1 Å². The molecule has 0 aliphatic carbocycles. The number of pyridine rings is 1. The van der Waals surface area contributed by atoms with Gasteiger partial charge in [0.25, 0.3) is 0 Å². The summed E-state index contributed by atoms with van der Waals surface area (Å²) in [6.07, 6.45) is 5.69. The molecule has 0 saturated carbocycles. The number of amides is 1. The molecule has 1 aliphatic heterocycles. The molecule has 0 radical (unpaired) electrons. The minimum atomic E-state index is 0.150. The molecule has 0 spiro atoms. The molecule has 1 fully saturated rings. The van der Waals surface area contributed by atoms with Crippen molar-refractivity contribution in [3.05, 3.63) is 60.1 Å². The SMILES string of the molecule is COc1ccc2c(CC(=O)N3CCN(Cc4ccncc4)CC3)coc2c1. The predicted octanol–water partition coefficient (Wildman–Crippen LogP) is 2.72. The maximum atomic E-state index is 12.7. The number of fused-ring (bicyclic) bond motifs is 1. The molecule has 3 heterocycles. The van der Waals surface area contributed by atoms with Crippen LogP contribution in [0.1, 0.15) is 11.1 Å². The summed E-state index contributed by atoms with van der Waals surface area (Å²) < 4.78 is 10.8. The highest BCUT2D eigenvalue weighted by molar-refractivity contribution is 5.88.